The summed E-state index contributed by atoms with van der Waals surface area (Å²) >= 11 is 6.85. The highest BCUT2D eigenvalue weighted by Crippen LogP contribution is 2.33. The second-order valence-electron chi connectivity index (χ2n) is 7.26. The first kappa shape index (κ1) is 27.8. The number of nitrogens with one attached hydrogen (secondary N) is 1. The average molecular weight is 545 g/mol. The van der Waals surface area contributed by atoms with Crippen molar-refractivity contribution in [1.29, 1.82) is 5.26 Å². The zero-order valence-electron chi connectivity index (χ0n) is 20.1. The number of thioether (sulfide) groups is 1. The number of amides is 1. The van der Waals surface area contributed by atoms with Crippen LogP contribution in [0.4, 0.5) is 4.39 Å². The third-order valence-corrected chi connectivity index (χ3v) is 5.66. The van der Waals surface area contributed by atoms with Crippen molar-refractivity contribution in [3.8, 4) is 23.4 Å². The molecule has 37 heavy (non-hydrogen) atoms. The molecule has 0 fully saturated rings. The highest BCUT2D eigenvalue weighted by atomic mass is 35.5. The van der Waals surface area contributed by atoms with Crippen molar-refractivity contribution in [2.75, 3.05) is 19.5 Å². The van der Waals surface area contributed by atoms with Crippen LogP contribution in [0.5, 0.6) is 17.4 Å². The van der Waals surface area contributed by atoms with E-state index in [0.29, 0.717) is 34.1 Å². The van der Waals surface area contributed by atoms with E-state index in [1.54, 1.807) is 45.2 Å². The van der Waals surface area contributed by atoms with Gasteiger partial charge in [0.1, 0.15) is 11.1 Å². The zero-order valence-corrected chi connectivity index (χ0v) is 21.7. The molecule has 0 unspecified atom stereocenters. The molecule has 1 aromatic carbocycles. The summed E-state index contributed by atoms with van der Waals surface area (Å²) in [6.45, 7) is 4.18. The molecule has 3 aromatic rings. The molecule has 10 nitrogen and oxygen atoms in total. The van der Waals surface area contributed by atoms with Crippen LogP contribution in [0.3, 0.4) is 0 Å². The molecule has 192 valence electrons. The topological polar surface area (TPSA) is 132 Å². The van der Waals surface area contributed by atoms with E-state index in [9.17, 15) is 14.4 Å². The van der Waals surface area contributed by atoms with Gasteiger partial charge in [-0.15, -0.1) is 0 Å². The van der Waals surface area contributed by atoms with E-state index in [1.807, 2.05) is 0 Å². The Kier molecular flexibility index (Phi) is 10.1. The molecule has 0 spiro atoms. The number of pyridine rings is 1. The van der Waals surface area contributed by atoms with Crippen LogP contribution in [-0.2, 0) is 16.1 Å². The molecule has 0 saturated carbocycles. The Morgan fingerprint density at radius 3 is 2.86 bits per heavy atom. The summed E-state index contributed by atoms with van der Waals surface area (Å²) in [5, 5.41) is 13.8. The summed E-state index contributed by atoms with van der Waals surface area (Å²) in [6.07, 6.45) is 2.32. The Bertz CT molecular complexity index is 1350. The number of benzene rings is 1. The van der Waals surface area contributed by atoms with Gasteiger partial charge in [-0.1, -0.05) is 11.8 Å². The summed E-state index contributed by atoms with van der Waals surface area (Å²) in [7, 11) is 1.54. The van der Waals surface area contributed by atoms with Crippen LogP contribution in [-0.4, -0.2) is 46.5 Å². The van der Waals surface area contributed by atoms with Gasteiger partial charge in [-0.05, 0) is 60.8 Å². The van der Waals surface area contributed by atoms with Gasteiger partial charge in [0.15, 0.2) is 11.5 Å². The van der Waals surface area contributed by atoms with E-state index < -0.39 is 5.82 Å². The second kappa shape index (κ2) is 13.5. The number of hydrogen-bond donors (Lipinski definition) is 1. The van der Waals surface area contributed by atoms with E-state index in [0.717, 1.165) is 23.7 Å². The van der Waals surface area contributed by atoms with Crippen LogP contribution in [0.2, 0.25) is 5.28 Å². The molecule has 1 N–H and O–H groups in total. The first-order valence-corrected chi connectivity index (χ1v) is 12.2. The number of nitriles is 1. The fourth-order valence-corrected chi connectivity index (χ4v) is 4.00. The SMILES string of the molecule is CCOc1cc(/C=N\NC(=O)CSc2nc(C)cc(COC)c2C#N)ccc1Oc1nc(Cl)ncc1F. The normalized spacial score (nSPS) is 10.8. The lowest BCUT2D eigenvalue weighted by Crippen LogP contribution is -2.20. The minimum atomic E-state index is -0.782. The van der Waals surface area contributed by atoms with E-state index in [2.05, 4.69) is 31.5 Å². The fourth-order valence-electron chi connectivity index (χ4n) is 3.01. The van der Waals surface area contributed by atoms with Crippen LogP contribution in [0.15, 0.2) is 40.6 Å². The van der Waals surface area contributed by atoms with Gasteiger partial charge >= 0.3 is 0 Å². The van der Waals surface area contributed by atoms with Gasteiger partial charge in [-0.3, -0.25) is 4.79 Å². The lowest BCUT2D eigenvalue weighted by atomic mass is 10.1. The number of hydrazone groups is 1. The van der Waals surface area contributed by atoms with Crippen LogP contribution in [0.25, 0.3) is 0 Å². The van der Waals surface area contributed by atoms with Crippen molar-refractivity contribution in [3.05, 3.63) is 63.9 Å². The van der Waals surface area contributed by atoms with Crippen molar-refractivity contribution in [3.63, 3.8) is 0 Å². The van der Waals surface area contributed by atoms with Crippen LogP contribution < -0.4 is 14.9 Å². The fraction of sp³-hybridized carbons (Fsp3) is 0.250. The molecule has 0 atom stereocenters. The Morgan fingerprint density at radius 2 is 2.14 bits per heavy atom. The number of methoxy groups -OCH3 is 1. The van der Waals surface area contributed by atoms with Crippen molar-refractivity contribution < 1.29 is 23.4 Å². The summed E-state index contributed by atoms with van der Waals surface area (Å²) in [4.78, 5) is 23.9. The Balaban J connectivity index is 1.65. The molecular formula is C24H22ClFN6O4S. The number of carbonyl (C=O) groups is 1. The van der Waals surface area contributed by atoms with Gasteiger partial charge < -0.3 is 14.2 Å². The number of aryl methyl sites for hydroxylation is 1. The third-order valence-electron chi connectivity index (χ3n) is 4.51. The number of rotatable bonds is 11. The molecule has 0 aliphatic rings. The van der Waals surface area contributed by atoms with Crippen LogP contribution in [0.1, 0.15) is 29.3 Å². The molecule has 3 rings (SSSR count). The summed E-state index contributed by atoms with van der Waals surface area (Å²) in [5.41, 5.74) is 4.82. The minimum Gasteiger partial charge on any atom is -0.490 e. The Morgan fingerprint density at radius 1 is 1.32 bits per heavy atom. The van der Waals surface area contributed by atoms with Gasteiger partial charge in [0.05, 0.1) is 36.9 Å². The summed E-state index contributed by atoms with van der Waals surface area (Å²) in [6, 6.07) is 8.69. The standard InChI is InChI=1S/C24H22ClFN6O4S/c1-4-35-20-8-15(5-6-19(20)36-22-18(26)11-28-24(25)31-22)10-29-32-21(33)13-37-23-17(9-27)16(12-34-3)7-14(2)30-23/h5-8,10-11H,4,12-13H2,1-3H3,(H,32,33)/b29-10-. The maximum absolute atomic E-state index is 13.9. The quantitative estimate of drug-likeness (QED) is 0.161. The van der Waals surface area contributed by atoms with Crippen molar-refractivity contribution in [2.24, 2.45) is 5.10 Å². The molecule has 13 heteroatoms. The molecule has 0 aliphatic carbocycles. The van der Waals surface area contributed by atoms with Gasteiger partial charge in [0.2, 0.25) is 17.0 Å². The predicted molar refractivity (Wildman–Crippen MR) is 136 cm³/mol. The zero-order chi connectivity index (χ0) is 26.8. The number of hydrogen-bond acceptors (Lipinski definition) is 10. The highest BCUT2D eigenvalue weighted by molar-refractivity contribution is 8.00. The maximum Gasteiger partial charge on any atom is 0.260 e. The highest BCUT2D eigenvalue weighted by Gasteiger charge is 2.15. The van der Waals surface area contributed by atoms with Crippen molar-refractivity contribution in [2.45, 2.75) is 25.5 Å². The maximum atomic E-state index is 13.9. The number of halogens is 2. The Hall–Kier alpha value is -3.79. The summed E-state index contributed by atoms with van der Waals surface area (Å²) < 4.78 is 30.2. The van der Waals surface area contributed by atoms with E-state index in [4.69, 9.17) is 25.8 Å². The van der Waals surface area contributed by atoms with Gasteiger partial charge in [0, 0.05) is 12.8 Å². The second-order valence-corrected chi connectivity index (χ2v) is 8.57. The number of aromatic nitrogens is 3. The van der Waals surface area contributed by atoms with E-state index in [-0.39, 0.29) is 35.2 Å². The van der Waals surface area contributed by atoms with Crippen molar-refractivity contribution in [1.82, 2.24) is 20.4 Å². The monoisotopic (exact) mass is 544 g/mol. The van der Waals surface area contributed by atoms with Crippen LogP contribution >= 0.6 is 23.4 Å². The first-order chi connectivity index (χ1) is 17.8. The van der Waals surface area contributed by atoms with E-state index >= 15 is 0 Å². The number of nitrogens with zero attached hydrogens (tertiary/aromatic N) is 5. The molecular weight excluding hydrogens is 523 g/mol. The Labute approximate surface area is 221 Å². The lowest BCUT2D eigenvalue weighted by molar-refractivity contribution is -0.118. The third kappa shape index (κ3) is 7.85. The number of ether oxygens (including phenoxy) is 3. The smallest absolute Gasteiger partial charge is 0.260 e. The largest absolute Gasteiger partial charge is 0.490 e. The van der Waals surface area contributed by atoms with Crippen molar-refractivity contribution >= 4 is 35.5 Å². The molecule has 1 amide bonds. The van der Waals surface area contributed by atoms with E-state index in [1.165, 1.54) is 6.21 Å². The molecule has 0 saturated heterocycles. The molecule has 0 radical (unpaired) electrons. The molecule has 2 aromatic heterocycles. The number of carbonyl (C=O) groups excluding carboxylic acids is 1. The average Bonchev–Trinajstić information content (AvgIpc) is 2.86. The van der Waals surface area contributed by atoms with Crippen LogP contribution in [0, 0.1) is 24.1 Å². The molecule has 2 heterocycles. The predicted octanol–water partition coefficient (Wildman–Crippen LogP) is 4.42. The minimum absolute atomic E-state index is 0.00107. The molecule has 0 aliphatic heterocycles. The molecule has 0 bridgehead atoms. The van der Waals surface area contributed by atoms with Gasteiger partial charge in [-0.2, -0.15) is 19.7 Å². The first-order valence-electron chi connectivity index (χ1n) is 10.8. The van der Waals surface area contributed by atoms with Gasteiger partial charge in [-0.25, -0.2) is 15.4 Å². The van der Waals surface area contributed by atoms with Gasteiger partial charge in [0.25, 0.3) is 5.88 Å². The summed E-state index contributed by atoms with van der Waals surface area (Å²) in [5.74, 6) is -0.995. The lowest BCUT2D eigenvalue weighted by Gasteiger charge is -2.12.